The minimum Gasteiger partial charge on any atom is -0.456 e. The summed E-state index contributed by atoms with van der Waals surface area (Å²) < 4.78 is 11.2. The summed E-state index contributed by atoms with van der Waals surface area (Å²) in [6.45, 7) is 4.99. The minimum absolute atomic E-state index is 0.0654. The number of morpholine rings is 1. The Bertz CT molecular complexity index is 1400. The van der Waals surface area contributed by atoms with Gasteiger partial charge in [0, 0.05) is 28.6 Å². The summed E-state index contributed by atoms with van der Waals surface area (Å²) >= 11 is 0. The maximum atomic E-state index is 13.1. The Morgan fingerprint density at radius 3 is 2.64 bits per heavy atom. The van der Waals surface area contributed by atoms with Crippen LogP contribution in [0, 0.1) is 17.2 Å². The van der Waals surface area contributed by atoms with Crippen molar-refractivity contribution >= 4 is 45.3 Å². The third kappa shape index (κ3) is 4.64. The molecule has 2 N–H and O–H groups in total. The van der Waals surface area contributed by atoms with Crippen molar-refractivity contribution in [2.75, 3.05) is 24.7 Å². The zero-order valence-electron chi connectivity index (χ0n) is 20.3. The molecule has 1 saturated carbocycles. The maximum absolute atomic E-state index is 13.1. The minimum atomic E-state index is -0.797. The van der Waals surface area contributed by atoms with Crippen LogP contribution in [0.25, 0.3) is 21.9 Å². The van der Waals surface area contributed by atoms with Crippen LogP contribution in [0.4, 0.5) is 5.69 Å². The smallest absolute Gasteiger partial charge is 0.253 e. The lowest BCUT2D eigenvalue weighted by atomic mass is 10.0. The number of carbonyl (C=O) groups excluding carboxylic acids is 3. The zero-order chi connectivity index (χ0) is 25.4. The van der Waals surface area contributed by atoms with E-state index in [2.05, 4.69) is 16.7 Å². The molecule has 0 unspecified atom stereocenters. The Labute approximate surface area is 208 Å². The van der Waals surface area contributed by atoms with Gasteiger partial charge in [-0.15, -0.1) is 0 Å². The maximum Gasteiger partial charge on any atom is 0.253 e. The second kappa shape index (κ2) is 9.28. The van der Waals surface area contributed by atoms with Gasteiger partial charge in [0.1, 0.15) is 29.4 Å². The Kier molecular flexibility index (Phi) is 6.14. The number of hydrogen-bond acceptors (Lipinski definition) is 6. The van der Waals surface area contributed by atoms with Crippen molar-refractivity contribution in [2.45, 2.75) is 44.7 Å². The molecule has 0 spiro atoms. The van der Waals surface area contributed by atoms with Crippen molar-refractivity contribution < 1.29 is 23.5 Å². The molecule has 1 aliphatic heterocycles. The molecule has 0 radical (unpaired) electrons. The molecule has 1 aliphatic carbocycles. The van der Waals surface area contributed by atoms with Crippen LogP contribution in [0.2, 0.25) is 0 Å². The molecule has 1 atom stereocenters. The molecular weight excluding hydrogens is 460 g/mol. The molecule has 5 rings (SSSR count). The highest BCUT2D eigenvalue weighted by molar-refractivity contribution is 6.09. The SMILES string of the molecule is CC(C)C[C@H](NC(=O)c1ccc2c(c1)oc1ccc(N3CCOCC3=O)cc12)C(=O)NC1(C#N)CC1. The number of amides is 3. The van der Waals surface area contributed by atoms with Crippen molar-refractivity contribution in [3.8, 4) is 6.07 Å². The Balaban J connectivity index is 1.38. The topological polar surface area (TPSA) is 125 Å². The molecule has 9 heteroatoms. The second-order valence-corrected chi connectivity index (χ2v) is 9.93. The van der Waals surface area contributed by atoms with Gasteiger partial charge in [-0.1, -0.05) is 13.8 Å². The van der Waals surface area contributed by atoms with Crippen molar-refractivity contribution in [2.24, 2.45) is 5.92 Å². The molecule has 2 aromatic carbocycles. The van der Waals surface area contributed by atoms with Gasteiger partial charge in [0.25, 0.3) is 11.8 Å². The highest BCUT2D eigenvalue weighted by atomic mass is 16.5. The summed E-state index contributed by atoms with van der Waals surface area (Å²) in [6.07, 6.45) is 1.71. The van der Waals surface area contributed by atoms with Crippen molar-refractivity contribution in [1.29, 1.82) is 5.26 Å². The van der Waals surface area contributed by atoms with Crippen LogP contribution in [0.15, 0.2) is 40.8 Å². The van der Waals surface area contributed by atoms with Crippen LogP contribution >= 0.6 is 0 Å². The average Bonchev–Trinajstić information content (AvgIpc) is 3.54. The quantitative estimate of drug-likeness (QED) is 0.526. The van der Waals surface area contributed by atoms with Gasteiger partial charge >= 0.3 is 0 Å². The van der Waals surface area contributed by atoms with Gasteiger partial charge in [-0.2, -0.15) is 5.26 Å². The van der Waals surface area contributed by atoms with Gasteiger partial charge in [-0.05, 0) is 61.6 Å². The molecule has 2 heterocycles. The number of nitriles is 1. The van der Waals surface area contributed by atoms with E-state index < -0.39 is 11.6 Å². The van der Waals surface area contributed by atoms with Crippen LogP contribution in [0.1, 0.15) is 43.5 Å². The van der Waals surface area contributed by atoms with Gasteiger partial charge in [0.2, 0.25) is 5.91 Å². The first-order valence-electron chi connectivity index (χ1n) is 12.2. The van der Waals surface area contributed by atoms with Gasteiger partial charge in [-0.3, -0.25) is 14.4 Å². The van der Waals surface area contributed by atoms with E-state index in [1.165, 1.54) is 0 Å². The van der Waals surface area contributed by atoms with E-state index in [1.54, 1.807) is 17.0 Å². The molecule has 2 fully saturated rings. The molecule has 9 nitrogen and oxygen atoms in total. The average molecular weight is 489 g/mol. The predicted molar refractivity (Wildman–Crippen MR) is 133 cm³/mol. The molecule has 3 amide bonds. The third-order valence-electron chi connectivity index (χ3n) is 6.67. The van der Waals surface area contributed by atoms with Crippen LogP contribution < -0.4 is 15.5 Å². The molecule has 1 saturated heterocycles. The number of nitrogens with one attached hydrogen (secondary N) is 2. The highest BCUT2D eigenvalue weighted by Gasteiger charge is 2.45. The van der Waals surface area contributed by atoms with Crippen LogP contribution in [0.3, 0.4) is 0 Å². The first kappa shape index (κ1) is 23.8. The number of benzene rings is 2. The van der Waals surface area contributed by atoms with E-state index >= 15 is 0 Å². The predicted octanol–water partition coefficient (Wildman–Crippen LogP) is 3.27. The van der Waals surface area contributed by atoms with Gasteiger partial charge < -0.3 is 24.7 Å². The molecule has 186 valence electrons. The number of nitrogens with zero attached hydrogens (tertiary/aromatic N) is 2. The van der Waals surface area contributed by atoms with E-state index in [0.29, 0.717) is 49.1 Å². The summed E-state index contributed by atoms with van der Waals surface area (Å²) in [5.41, 5.74) is 1.53. The van der Waals surface area contributed by atoms with E-state index in [0.717, 1.165) is 16.5 Å². The fourth-order valence-corrected chi connectivity index (χ4v) is 4.52. The Morgan fingerprint density at radius 1 is 1.14 bits per heavy atom. The largest absolute Gasteiger partial charge is 0.456 e. The molecule has 1 aromatic heterocycles. The lowest BCUT2D eigenvalue weighted by molar-refractivity contribution is -0.126. The standard InChI is InChI=1S/C27H28N4O5/c1-16(2)11-21(26(34)30-27(15-28)7-8-27)29-25(33)17-3-5-19-20-13-18(31-9-10-35-14-24(31)32)4-6-22(20)36-23(19)12-17/h3-6,12-13,16,21H,7-11,14H2,1-2H3,(H,29,33)(H,30,34)/t21-/m0/s1. The molecular formula is C27H28N4O5. The summed E-state index contributed by atoms with van der Waals surface area (Å²) in [4.78, 5) is 39.9. The molecule has 36 heavy (non-hydrogen) atoms. The molecule has 0 bridgehead atoms. The number of furan rings is 1. The number of carbonyl (C=O) groups is 3. The summed E-state index contributed by atoms with van der Waals surface area (Å²) in [5.74, 6) is -0.649. The lowest BCUT2D eigenvalue weighted by Gasteiger charge is -2.26. The van der Waals surface area contributed by atoms with E-state index in [4.69, 9.17) is 9.15 Å². The van der Waals surface area contributed by atoms with Crippen LogP contribution in [-0.2, 0) is 14.3 Å². The van der Waals surface area contributed by atoms with E-state index in [1.807, 2.05) is 38.1 Å². The highest BCUT2D eigenvalue weighted by Crippen LogP contribution is 2.35. The van der Waals surface area contributed by atoms with Gasteiger partial charge in [-0.25, -0.2) is 0 Å². The molecule has 3 aromatic rings. The molecule has 2 aliphatic rings. The first-order valence-corrected chi connectivity index (χ1v) is 12.2. The Hall–Kier alpha value is -3.90. The monoisotopic (exact) mass is 488 g/mol. The van der Waals surface area contributed by atoms with E-state index in [-0.39, 0.29) is 30.2 Å². The van der Waals surface area contributed by atoms with Crippen molar-refractivity contribution in [3.63, 3.8) is 0 Å². The van der Waals surface area contributed by atoms with Crippen LogP contribution in [-0.4, -0.2) is 49.1 Å². The summed E-state index contributed by atoms with van der Waals surface area (Å²) in [6, 6.07) is 12.1. The number of rotatable bonds is 7. The summed E-state index contributed by atoms with van der Waals surface area (Å²) in [7, 11) is 0. The first-order chi connectivity index (χ1) is 17.3. The van der Waals surface area contributed by atoms with Gasteiger partial charge in [0.15, 0.2) is 0 Å². The van der Waals surface area contributed by atoms with Crippen molar-refractivity contribution in [3.05, 3.63) is 42.0 Å². The fraction of sp³-hybridized carbons (Fsp3) is 0.407. The third-order valence-corrected chi connectivity index (χ3v) is 6.67. The normalized spacial score (nSPS) is 17.7. The number of fused-ring (bicyclic) bond motifs is 3. The number of anilines is 1. The van der Waals surface area contributed by atoms with Gasteiger partial charge in [0.05, 0.1) is 12.7 Å². The lowest BCUT2D eigenvalue weighted by Crippen LogP contribution is -2.50. The number of ether oxygens (including phenoxy) is 1. The second-order valence-electron chi connectivity index (χ2n) is 9.93. The zero-order valence-corrected chi connectivity index (χ0v) is 20.3. The van der Waals surface area contributed by atoms with E-state index in [9.17, 15) is 19.6 Å². The number of hydrogen-bond donors (Lipinski definition) is 2. The summed E-state index contributed by atoms with van der Waals surface area (Å²) in [5, 5.41) is 16.6. The fourth-order valence-electron chi connectivity index (χ4n) is 4.52. The van der Waals surface area contributed by atoms with Crippen LogP contribution in [0.5, 0.6) is 0 Å². The van der Waals surface area contributed by atoms with Crippen molar-refractivity contribution in [1.82, 2.24) is 10.6 Å². The Morgan fingerprint density at radius 2 is 1.94 bits per heavy atom.